The molecule has 0 spiro atoms. The van der Waals surface area contributed by atoms with Crippen LogP contribution in [0.25, 0.3) is 0 Å². The van der Waals surface area contributed by atoms with Crippen LogP contribution in [0, 0.1) is 5.82 Å². The molecule has 0 fully saturated rings. The molecule has 0 aromatic heterocycles. The molecule has 0 radical (unpaired) electrons. The van der Waals surface area contributed by atoms with Gasteiger partial charge in [-0.3, -0.25) is 4.79 Å². The van der Waals surface area contributed by atoms with Gasteiger partial charge in [0.25, 0.3) is 5.91 Å². The molecular weight excluding hydrogens is 347 g/mol. The number of amides is 1. The topological polar surface area (TPSA) is 52.0 Å². The molecule has 2 aromatic carbocycles. The fraction of sp³-hybridized carbons (Fsp3) is 0.278. The molecule has 7 heteroatoms. The molecular formula is C18H19ClFN2O3+. The highest BCUT2D eigenvalue weighted by Gasteiger charge is 2.23. The van der Waals surface area contributed by atoms with E-state index in [9.17, 15) is 9.18 Å². The van der Waals surface area contributed by atoms with E-state index in [4.69, 9.17) is 21.1 Å². The van der Waals surface area contributed by atoms with Crippen LogP contribution in [0.1, 0.15) is 12.5 Å². The number of halogens is 2. The van der Waals surface area contributed by atoms with E-state index in [2.05, 4.69) is 5.32 Å². The second kappa shape index (κ2) is 7.29. The third-order valence-corrected chi connectivity index (χ3v) is 4.55. The number of fused-ring (bicyclic) bond motifs is 1. The van der Waals surface area contributed by atoms with Gasteiger partial charge in [-0.25, -0.2) is 4.39 Å². The predicted octanol–water partition coefficient (Wildman–Crippen LogP) is 2.25. The summed E-state index contributed by atoms with van der Waals surface area (Å²) in [5.41, 5.74) is 1.44. The van der Waals surface area contributed by atoms with Gasteiger partial charge in [-0.05, 0) is 43.3 Å². The van der Waals surface area contributed by atoms with Crippen molar-refractivity contribution in [3.8, 4) is 11.5 Å². The molecule has 2 N–H and O–H groups in total. The third-order valence-electron chi connectivity index (χ3n) is 4.24. The number of hydrogen-bond acceptors (Lipinski definition) is 3. The summed E-state index contributed by atoms with van der Waals surface area (Å²) in [4.78, 5) is 13.4. The Morgan fingerprint density at radius 3 is 2.80 bits per heavy atom. The lowest BCUT2D eigenvalue weighted by Crippen LogP contribution is -3.12. The molecule has 2 aromatic rings. The quantitative estimate of drug-likeness (QED) is 0.854. The van der Waals surface area contributed by atoms with Crippen LogP contribution in [0.4, 0.5) is 10.1 Å². The van der Waals surface area contributed by atoms with Gasteiger partial charge in [-0.1, -0.05) is 11.6 Å². The van der Waals surface area contributed by atoms with Crippen molar-refractivity contribution < 1.29 is 23.6 Å². The normalized spacial score (nSPS) is 14.9. The van der Waals surface area contributed by atoms with E-state index in [1.807, 2.05) is 32.2 Å². The third kappa shape index (κ3) is 4.03. The Labute approximate surface area is 150 Å². The van der Waals surface area contributed by atoms with Gasteiger partial charge in [0.15, 0.2) is 17.5 Å². The van der Waals surface area contributed by atoms with E-state index < -0.39 is 5.82 Å². The van der Waals surface area contributed by atoms with Gasteiger partial charge < -0.3 is 19.7 Å². The van der Waals surface area contributed by atoms with Crippen LogP contribution >= 0.6 is 11.6 Å². The monoisotopic (exact) mass is 365 g/mol. The van der Waals surface area contributed by atoms with Crippen LogP contribution < -0.4 is 19.7 Å². The lowest BCUT2D eigenvalue weighted by atomic mass is 10.1. The highest BCUT2D eigenvalue weighted by atomic mass is 35.5. The molecule has 2 atom stereocenters. The average molecular weight is 366 g/mol. The van der Waals surface area contributed by atoms with E-state index in [0.717, 1.165) is 22.0 Å². The zero-order valence-electron chi connectivity index (χ0n) is 13.9. The van der Waals surface area contributed by atoms with E-state index in [-0.39, 0.29) is 23.8 Å². The number of quaternary nitrogens is 1. The van der Waals surface area contributed by atoms with Gasteiger partial charge in [0.1, 0.15) is 12.4 Å². The smallest absolute Gasteiger partial charge is 0.282 e. The van der Waals surface area contributed by atoms with Crippen LogP contribution in [0.3, 0.4) is 0 Å². The average Bonchev–Trinajstić information content (AvgIpc) is 3.04. The van der Waals surface area contributed by atoms with Gasteiger partial charge >= 0.3 is 0 Å². The summed E-state index contributed by atoms with van der Waals surface area (Å²) in [5, 5.41) is 2.92. The number of nitrogens with one attached hydrogen (secondary N) is 2. The lowest BCUT2D eigenvalue weighted by Gasteiger charge is -2.21. The first-order chi connectivity index (χ1) is 11.9. The summed E-state index contributed by atoms with van der Waals surface area (Å²) >= 11 is 5.95. The molecule has 0 bridgehead atoms. The predicted molar refractivity (Wildman–Crippen MR) is 92.7 cm³/mol. The van der Waals surface area contributed by atoms with E-state index in [1.54, 1.807) is 0 Å². The number of likely N-dealkylation sites (N-methyl/N-ethyl adjacent to an activating group) is 1. The largest absolute Gasteiger partial charge is 0.454 e. The van der Waals surface area contributed by atoms with E-state index >= 15 is 0 Å². The van der Waals surface area contributed by atoms with Crippen molar-refractivity contribution in [1.82, 2.24) is 0 Å². The number of rotatable bonds is 5. The van der Waals surface area contributed by atoms with Crippen molar-refractivity contribution in [2.45, 2.75) is 19.5 Å². The standard InChI is InChI=1S/C18H18ClFN2O3/c1-11(18(23)21-15-5-4-13(20)8-14(15)19)22(2)9-12-3-6-16-17(7-12)25-10-24-16/h3-8,11H,9-10H2,1-2H3,(H,21,23)/p+1/t11-/m0/s1. The number of anilines is 1. The zero-order valence-corrected chi connectivity index (χ0v) is 14.7. The van der Waals surface area contributed by atoms with Crippen LogP contribution in [0.15, 0.2) is 36.4 Å². The van der Waals surface area contributed by atoms with Gasteiger partial charge in [-0.15, -0.1) is 0 Å². The van der Waals surface area contributed by atoms with Crippen molar-refractivity contribution >= 4 is 23.2 Å². The van der Waals surface area contributed by atoms with Crippen LogP contribution in [-0.2, 0) is 11.3 Å². The fourth-order valence-electron chi connectivity index (χ4n) is 2.58. The molecule has 1 unspecified atom stereocenters. The summed E-state index contributed by atoms with van der Waals surface area (Å²) in [6.07, 6.45) is 0. The van der Waals surface area contributed by atoms with Crippen molar-refractivity contribution in [2.24, 2.45) is 0 Å². The number of carbonyl (C=O) groups is 1. The maximum atomic E-state index is 13.1. The first-order valence-electron chi connectivity index (χ1n) is 7.91. The number of benzene rings is 2. The fourth-order valence-corrected chi connectivity index (χ4v) is 2.80. The Morgan fingerprint density at radius 1 is 1.28 bits per heavy atom. The Balaban J connectivity index is 1.63. The molecule has 0 saturated heterocycles. The van der Waals surface area contributed by atoms with Gasteiger partial charge in [0, 0.05) is 5.56 Å². The van der Waals surface area contributed by atoms with Gasteiger partial charge in [0.05, 0.1) is 17.8 Å². The van der Waals surface area contributed by atoms with Crippen molar-refractivity contribution in [2.75, 3.05) is 19.2 Å². The van der Waals surface area contributed by atoms with Crippen molar-refractivity contribution in [3.05, 3.63) is 52.8 Å². The highest BCUT2D eigenvalue weighted by molar-refractivity contribution is 6.33. The summed E-state index contributed by atoms with van der Waals surface area (Å²) < 4.78 is 23.8. The second-order valence-electron chi connectivity index (χ2n) is 6.05. The second-order valence-corrected chi connectivity index (χ2v) is 6.45. The zero-order chi connectivity index (χ0) is 18.0. The number of ether oxygens (including phenoxy) is 2. The Morgan fingerprint density at radius 2 is 2.04 bits per heavy atom. The molecule has 1 amide bonds. The Kier molecular flexibility index (Phi) is 5.11. The van der Waals surface area contributed by atoms with Crippen LogP contribution in [0.2, 0.25) is 5.02 Å². The SMILES string of the molecule is C[C@@H](C(=O)Nc1ccc(F)cc1Cl)[NH+](C)Cc1ccc2c(c1)OCO2. The van der Waals surface area contributed by atoms with Crippen LogP contribution in [0.5, 0.6) is 11.5 Å². The summed E-state index contributed by atoms with van der Waals surface area (Å²) in [7, 11) is 1.93. The minimum Gasteiger partial charge on any atom is -0.454 e. The molecule has 25 heavy (non-hydrogen) atoms. The summed E-state index contributed by atoms with van der Waals surface area (Å²) in [6.45, 7) is 2.70. The van der Waals surface area contributed by atoms with Crippen molar-refractivity contribution in [1.29, 1.82) is 0 Å². The minimum absolute atomic E-state index is 0.175. The Hall–Kier alpha value is -2.31. The first kappa shape index (κ1) is 17.5. The first-order valence-corrected chi connectivity index (χ1v) is 8.28. The summed E-state index contributed by atoms with van der Waals surface area (Å²) in [6, 6.07) is 9.31. The Bertz CT molecular complexity index is 800. The highest BCUT2D eigenvalue weighted by Crippen LogP contribution is 2.32. The lowest BCUT2D eigenvalue weighted by molar-refractivity contribution is -0.907. The maximum absolute atomic E-state index is 13.1. The number of carbonyl (C=O) groups excluding carboxylic acids is 1. The maximum Gasteiger partial charge on any atom is 0.282 e. The van der Waals surface area contributed by atoms with E-state index in [1.165, 1.54) is 18.2 Å². The molecule has 3 rings (SSSR count). The molecule has 0 saturated carbocycles. The van der Waals surface area contributed by atoms with Gasteiger partial charge in [-0.2, -0.15) is 0 Å². The molecule has 5 nitrogen and oxygen atoms in total. The minimum atomic E-state index is -0.443. The van der Waals surface area contributed by atoms with E-state index in [0.29, 0.717) is 12.2 Å². The van der Waals surface area contributed by atoms with Crippen molar-refractivity contribution in [3.63, 3.8) is 0 Å². The molecule has 1 aliphatic rings. The molecule has 132 valence electrons. The molecule has 0 aliphatic carbocycles. The molecule has 1 heterocycles. The summed E-state index contributed by atoms with van der Waals surface area (Å²) in [5.74, 6) is 0.826. The van der Waals surface area contributed by atoms with Crippen LogP contribution in [-0.4, -0.2) is 25.8 Å². The van der Waals surface area contributed by atoms with Gasteiger partial charge in [0.2, 0.25) is 6.79 Å². The molecule has 1 aliphatic heterocycles. The number of hydrogen-bond donors (Lipinski definition) is 2.